The summed E-state index contributed by atoms with van der Waals surface area (Å²) in [7, 11) is -2.08. The molecule has 6 nitrogen and oxygen atoms in total. The molecule has 31 heavy (non-hydrogen) atoms. The molecule has 8 heteroatoms. The van der Waals surface area contributed by atoms with Crippen molar-refractivity contribution in [3.63, 3.8) is 0 Å². The number of carbonyl (C=O) groups is 1. The van der Waals surface area contributed by atoms with Gasteiger partial charge in [-0.2, -0.15) is 0 Å². The highest BCUT2D eigenvalue weighted by Crippen LogP contribution is 2.25. The first-order valence-corrected chi connectivity index (χ1v) is 11.0. The number of hydrogen-bond donors (Lipinski definition) is 2. The summed E-state index contributed by atoms with van der Waals surface area (Å²) in [6.07, 6.45) is 1.74. The molecule has 1 heterocycles. The third-order valence-corrected chi connectivity index (χ3v) is 6.50. The maximum atomic E-state index is 13.1. The molecule has 158 valence electrons. The summed E-state index contributed by atoms with van der Waals surface area (Å²) in [5, 5.41) is 3.59. The summed E-state index contributed by atoms with van der Waals surface area (Å²) in [5.74, 6) is -0.798. The normalized spacial score (nSPS) is 11.5. The van der Waals surface area contributed by atoms with Crippen molar-refractivity contribution in [3.8, 4) is 0 Å². The molecule has 0 bridgehead atoms. The predicted molar refractivity (Wildman–Crippen MR) is 119 cm³/mol. The molecule has 0 spiro atoms. The lowest BCUT2D eigenvalue weighted by atomic mass is 10.1. The summed E-state index contributed by atoms with van der Waals surface area (Å²) in [6, 6.07) is 17.2. The van der Waals surface area contributed by atoms with Crippen molar-refractivity contribution >= 4 is 38.2 Å². The third kappa shape index (κ3) is 4.15. The quantitative estimate of drug-likeness (QED) is 0.476. The standard InChI is InChI=1S/C23H20FN3O3S/c1-15-7-10-18(13-22(15)31(29,30)26-17-11-8-16(24)9-12-17)25-23(28)20-14-27(2)21-6-4-3-5-19(20)21/h3-14,26H,1-2H3,(H,25,28). The largest absolute Gasteiger partial charge is 0.350 e. The molecule has 0 radical (unpaired) electrons. The number of fused-ring (bicyclic) bond motifs is 1. The highest BCUT2D eigenvalue weighted by Gasteiger charge is 2.19. The zero-order chi connectivity index (χ0) is 22.2. The molecule has 3 aromatic carbocycles. The van der Waals surface area contributed by atoms with Gasteiger partial charge in [-0.25, -0.2) is 12.8 Å². The Morgan fingerprint density at radius 1 is 0.968 bits per heavy atom. The van der Waals surface area contributed by atoms with Gasteiger partial charge in [-0.1, -0.05) is 24.3 Å². The number of halogens is 1. The fourth-order valence-corrected chi connectivity index (χ4v) is 4.75. The minimum atomic E-state index is -3.94. The van der Waals surface area contributed by atoms with E-state index in [1.165, 1.54) is 30.3 Å². The Balaban J connectivity index is 1.63. The number of aryl methyl sites for hydroxylation is 2. The van der Waals surface area contributed by atoms with Crippen molar-refractivity contribution < 1.29 is 17.6 Å². The van der Waals surface area contributed by atoms with Gasteiger partial charge in [-0.3, -0.25) is 9.52 Å². The monoisotopic (exact) mass is 437 g/mol. The van der Waals surface area contributed by atoms with E-state index in [2.05, 4.69) is 10.0 Å². The van der Waals surface area contributed by atoms with Crippen LogP contribution in [0.5, 0.6) is 0 Å². The van der Waals surface area contributed by atoms with Gasteiger partial charge in [0.05, 0.1) is 10.5 Å². The molecule has 0 aliphatic rings. The molecule has 4 rings (SSSR count). The predicted octanol–water partition coefficient (Wildman–Crippen LogP) is 4.68. The van der Waals surface area contributed by atoms with Crippen LogP contribution in [0.3, 0.4) is 0 Å². The highest BCUT2D eigenvalue weighted by atomic mass is 32.2. The van der Waals surface area contributed by atoms with E-state index in [4.69, 9.17) is 0 Å². The second-order valence-electron chi connectivity index (χ2n) is 7.22. The van der Waals surface area contributed by atoms with Gasteiger partial charge in [-0.15, -0.1) is 0 Å². The molecule has 0 atom stereocenters. The number of amides is 1. The summed E-state index contributed by atoms with van der Waals surface area (Å²) in [6.45, 7) is 1.66. The number of benzene rings is 3. The van der Waals surface area contributed by atoms with Gasteiger partial charge in [-0.05, 0) is 55.0 Å². The van der Waals surface area contributed by atoms with E-state index >= 15 is 0 Å². The van der Waals surface area contributed by atoms with Crippen LogP contribution < -0.4 is 10.0 Å². The number of nitrogens with one attached hydrogen (secondary N) is 2. The topological polar surface area (TPSA) is 80.2 Å². The Kier molecular flexibility index (Phi) is 5.24. The van der Waals surface area contributed by atoms with Gasteiger partial charge in [0.25, 0.3) is 15.9 Å². The van der Waals surface area contributed by atoms with E-state index in [9.17, 15) is 17.6 Å². The van der Waals surface area contributed by atoms with Crippen LogP contribution in [-0.4, -0.2) is 18.9 Å². The Morgan fingerprint density at radius 2 is 1.65 bits per heavy atom. The van der Waals surface area contributed by atoms with Gasteiger partial charge in [0.2, 0.25) is 0 Å². The first-order chi connectivity index (χ1) is 14.7. The second kappa shape index (κ2) is 7.88. The average molecular weight is 437 g/mol. The molecule has 0 fully saturated rings. The maximum Gasteiger partial charge on any atom is 0.262 e. The summed E-state index contributed by atoms with van der Waals surface area (Å²) >= 11 is 0. The van der Waals surface area contributed by atoms with Gasteiger partial charge in [0.1, 0.15) is 5.82 Å². The van der Waals surface area contributed by atoms with Crippen molar-refractivity contribution in [2.24, 2.45) is 7.05 Å². The average Bonchev–Trinajstić information content (AvgIpc) is 3.08. The molecule has 0 saturated heterocycles. The number of hydrogen-bond acceptors (Lipinski definition) is 3. The molecule has 0 aliphatic heterocycles. The Morgan fingerprint density at radius 3 is 2.39 bits per heavy atom. The van der Waals surface area contributed by atoms with Crippen LogP contribution in [0.15, 0.2) is 77.8 Å². The van der Waals surface area contributed by atoms with Crippen molar-refractivity contribution in [1.29, 1.82) is 0 Å². The Bertz CT molecular complexity index is 1390. The zero-order valence-corrected chi connectivity index (χ0v) is 17.7. The Labute approximate surface area is 179 Å². The minimum Gasteiger partial charge on any atom is -0.350 e. The molecule has 1 amide bonds. The van der Waals surface area contributed by atoms with Gasteiger partial charge in [0.15, 0.2) is 0 Å². The minimum absolute atomic E-state index is 0.0209. The van der Waals surface area contributed by atoms with Crippen molar-refractivity contribution in [2.45, 2.75) is 11.8 Å². The van der Waals surface area contributed by atoms with Gasteiger partial charge >= 0.3 is 0 Å². The lowest BCUT2D eigenvalue weighted by molar-refractivity contribution is 0.102. The first-order valence-electron chi connectivity index (χ1n) is 9.49. The lowest BCUT2D eigenvalue weighted by Gasteiger charge is -2.13. The molecular formula is C23H20FN3O3S. The number of sulfonamides is 1. The molecule has 1 aromatic heterocycles. The number of carbonyl (C=O) groups excluding carboxylic acids is 1. The smallest absolute Gasteiger partial charge is 0.262 e. The van der Waals surface area contributed by atoms with Crippen LogP contribution in [0.1, 0.15) is 15.9 Å². The van der Waals surface area contributed by atoms with Crippen molar-refractivity contribution in [3.05, 3.63) is 89.9 Å². The van der Waals surface area contributed by atoms with Crippen LogP contribution in [0.2, 0.25) is 0 Å². The lowest BCUT2D eigenvalue weighted by Crippen LogP contribution is -2.16. The van der Waals surface area contributed by atoms with E-state index < -0.39 is 15.8 Å². The number of nitrogens with zero attached hydrogens (tertiary/aromatic N) is 1. The van der Waals surface area contributed by atoms with Crippen molar-refractivity contribution in [2.75, 3.05) is 10.0 Å². The van der Waals surface area contributed by atoms with E-state index in [1.54, 1.807) is 25.3 Å². The maximum absolute atomic E-state index is 13.1. The van der Waals surface area contributed by atoms with Crippen LogP contribution in [0.4, 0.5) is 15.8 Å². The van der Waals surface area contributed by atoms with Crippen molar-refractivity contribution in [1.82, 2.24) is 4.57 Å². The van der Waals surface area contributed by atoms with Gasteiger partial charge in [0, 0.05) is 35.5 Å². The van der Waals surface area contributed by atoms with E-state index in [0.29, 0.717) is 16.8 Å². The second-order valence-corrected chi connectivity index (χ2v) is 8.87. The molecule has 4 aromatic rings. The molecular weight excluding hydrogens is 417 g/mol. The highest BCUT2D eigenvalue weighted by molar-refractivity contribution is 7.92. The molecule has 0 unspecified atom stereocenters. The first kappa shape index (κ1) is 20.6. The molecule has 2 N–H and O–H groups in total. The van der Waals surface area contributed by atoms with Crippen LogP contribution in [-0.2, 0) is 17.1 Å². The van der Waals surface area contributed by atoms with Gasteiger partial charge < -0.3 is 9.88 Å². The molecule has 0 saturated carbocycles. The SMILES string of the molecule is Cc1ccc(NC(=O)c2cn(C)c3ccccc23)cc1S(=O)(=O)Nc1ccc(F)cc1. The fourth-order valence-electron chi connectivity index (χ4n) is 3.42. The number of aromatic nitrogens is 1. The molecule has 0 aliphatic carbocycles. The Hall–Kier alpha value is -3.65. The fraction of sp³-hybridized carbons (Fsp3) is 0.0870. The number of rotatable bonds is 5. The third-order valence-electron chi connectivity index (χ3n) is 4.97. The van der Waals surface area contributed by atoms with E-state index in [-0.39, 0.29) is 16.5 Å². The number of para-hydroxylation sites is 1. The number of anilines is 2. The summed E-state index contributed by atoms with van der Waals surface area (Å²) in [4.78, 5) is 12.9. The zero-order valence-electron chi connectivity index (χ0n) is 16.9. The van der Waals surface area contributed by atoms with Crippen LogP contribution >= 0.6 is 0 Å². The summed E-state index contributed by atoms with van der Waals surface area (Å²) in [5.41, 5.74) is 2.52. The van der Waals surface area contributed by atoms with E-state index in [1.807, 2.05) is 35.9 Å². The van der Waals surface area contributed by atoms with Crippen LogP contribution in [0.25, 0.3) is 10.9 Å². The van der Waals surface area contributed by atoms with Crippen LogP contribution in [0, 0.1) is 12.7 Å². The summed E-state index contributed by atoms with van der Waals surface area (Å²) < 4.78 is 43.1. The van der Waals surface area contributed by atoms with E-state index in [0.717, 1.165) is 10.9 Å².